The minimum Gasteiger partial charge on any atom is -0.350 e. The van der Waals surface area contributed by atoms with Crippen molar-refractivity contribution in [3.63, 3.8) is 0 Å². The average molecular weight is 575 g/mol. The van der Waals surface area contributed by atoms with Gasteiger partial charge in [0.05, 0.1) is 11.4 Å². The highest BCUT2D eigenvalue weighted by molar-refractivity contribution is 6.55. The molecule has 0 unspecified atom stereocenters. The van der Waals surface area contributed by atoms with Gasteiger partial charge in [0.25, 0.3) is 23.6 Å². The van der Waals surface area contributed by atoms with E-state index in [0.29, 0.717) is 11.4 Å². The van der Waals surface area contributed by atoms with Gasteiger partial charge in [0.15, 0.2) is 0 Å². The lowest BCUT2D eigenvalue weighted by Gasteiger charge is -2.23. The lowest BCUT2D eigenvalue weighted by Crippen LogP contribution is -2.37. The van der Waals surface area contributed by atoms with Gasteiger partial charge in [-0.15, -0.1) is 0 Å². The van der Waals surface area contributed by atoms with E-state index >= 15 is 0 Å². The number of carbonyl (C=O) groups excluding carboxylic acids is 4. The molecular formula is C30H24Cl2N4O4. The van der Waals surface area contributed by atoms with Gasteiger partial charge in [-0.1, -0.05) is 47.5 Å². The highest BCUT2D eigenvalue weighted by Gasteiger charge is 2.44. The molecule has 0 atom stereocenters. The molecular weight excluding hydrogens is 551 g/mol. The number of benzene rings is 3. The minimum absolute atomic E-state index is 0.00619. The van der Waals surface area contributed by atoms with Gasteiger partial charge >= 0.3 is 0 Å². The Hall–Kier alpha value is -4.40. The van der Waals surface area contributed by atoms with E-state index < -0.39 is 23.6 Å². The second kappa shape index (κ2) is 10.3. The molecule has 40 heavy (non-hydrogen) atoms. The molecule has 202 valence electrons. The molecule has 0 bridgehead atoms. The van der Waals surface area contributed by atoms with Crippen LogP contribution in [-0.4, -0.2) is 23.6 Å². The summed E-state index contributed by atoms with van der Waals surface area (Å²) >= 11 is 12.7. The number of imide groups is 2. The first-order valence-corrected chi connectivity index (χ1v) is 13.1. The maximum absolute atomic E-state index is 13.5. The third-order valence-corrected chi connectivity index (χ3v) is 7.10. The van der Waals surface area contributed by atoms with E-state index in [1.165, 1.54) is 12.1 Å². The van der Waals surface area contributed by atoms with Gasteiger partial charge in [0, 0.05) is 11.4 Å². The van der Waals surface area contributed by atoms with Crippen LogP contribution in [0.3, 0.4) is 0 Å². The molecule has 0 radical (unpaired) electrons. The Kier molecular flexibility index (Phi) is 6.99. The number of aryl methyl sites for hydroxylation is 4. The summed E-state index contributed by atoms with van der Waals surface area (Å²) < 4.78 is 0. The number of hydrogen-bond acceptors (Lipinski definition) is 6. The zero-order valence-corrected chi connectivity index (χ0v) is 23.6. The zero-order chi connectivity index (χ0) is 28.9. The number of para-hydroxylation sites is 2. The molecule has 8 nitrogen and oxygen atoms in total. The van der Waals surface area contributed by atoms with Crippen molar-refractivity contribution in [2.24, 2.45) is 0 Å². The number of anilines is 4. The molecule has 3 aromatic rings. The molecule has 0 aromatic heterocycles. The van der Waals surface area contributed by atoms with Crippen LogP contribution in [0.15, 0.2) is 82.1 Å². The van der Waals surface area contributed by atoms with Crippen LogP contribution in [0.25, 0.3) is 0 Å². The minimum atomic E-state index is -0.794. The Labute approximate surface area is 240 Å². The molecule has 0 saturated carbocycles. The molecule has 2 N–H and O–H groups in total. The largest absolute Gasteiger partial charge is 0.350 e. The second-order valence-corrected chi connectivity index (χ2v) is 10.5. The summed E-state index contributed by atoms with van der Waals surface area (Å²) in [5.74, 6) is -3.04. The summed E-state index contributed by atoms with van der Waals surface area (Å²) in [4.78, 5) is 55.2. The van der Waals surface area contributed by atoms with Crippen molar-refractivity contribution in [2.45, 2.75) is 27.7 Å². The van der Waals surface area contributed by atoms with Crippen molar-refractivity contribution < 1.29 is 19.2 Å². The van der Waals surface area contributed by atoms with Gasteiger partial charge in [-0.05, 0) is 86.3 Å². The summed E-state index contributed by atoms with van der Waals surface area (Å²) in [6.45, 7) is 7.63. The van der Waals surface area contributed by atoms with E-state index in [4.69, 9.17) is 23.2 Å². The maximum atomic E-state index is 13.5. The Morgan fingerprint density at radius 3 is 1.18 bits per heavy atom. The molecule has 2 aliphatic rings. The van der Waals surface area contributed by atoms with Crippen molar-refractivity contribution >= 4 is 69.6 Å². The summed E-state index contributed by atoms with van der Waals surface area (Å²) in [6.07, 6.45) is 0. The van der Waals surface area contributed by atoms with Crippen molar-refractivity contribution in [2.75, 3.05) is 20.4 Å². The van der Waals surface area contributed by atoms with Gasteiger partial charge in [0.2, 0.25) is 0 Å². The smallest absolute Gasteiger partial charge is 0.283 e. The fraction of sp³-hybridized carbons (Fsp3) is 0.133. The maximum Gasteiger partial charge on any atom is 0.283 e. The van der Waals surface area contributed by atoms with Crippen molar-refractivity contribution in [3.8, 4) is 0 Å². The van der Waals surface area contributed by atoms with E-state index in [1.54, 1.807) is 12.1 Å². The number of hydrogen-bond donors (Lipinski definition) is 2. The van der Waals surface area contributed by atoms with E-state index in [9.17, 15) is 19.2 Å². The molecule has 0 fully saturated rings. The van der Waals surface area contributed by atoms with Crippen LogP contribution < -0.4 is 20.4 Å². The third-order valence-electron chi connectivity index (χ3n) is 6.40. The average Bonchev–Trinajstić information content (AvgIpc) is 3.21. The number of halogens is 2. The summed E-state index contributed by atoms with van der Waals surface area (Å²) in [5.41, 5.74) is 4.79. The number of rotatable bonds is 6. The van der Waals surface area contributed by atoms with Gasteiger partial charge in [0.1, 0.15) is 21.5 Å². The SMILES string of the molecule is Cc1cc(C)cc(NC2=C(Cl)C(=O)N(c3ccccc3N3C(=O)C(Cl)=C(Nc4cc(C)cc(C)c4)C3=O)C2=O)c1. The number of amides is 4. The van der Waals surface area contributed by atoms with Gasteiger partial charge in [-0.3, -0.25) is 19.2 Å². The van der Waals surface area contributed by atoms with Gasteiger partial charge in [-0.2, -0.15) is 0 Å². The molecule has 3 aromatic carbocycles. The Morgan fingerprint density at radius 1 is 0.525 bits per heavy atom. The highest BCUT2D eigenvalue weighted by Crippen LogP contribution is 2.39. The molecule has 2 heterocycles. The first-order valence-electron chi connectivity index (χ1n) is 12.3. The van der Waals surface area contributed by atoms with Crippen LogP contribution >= 0.6 is 23.2 Å². The van der Waals surface area contributed by atoms with Crippen LogP contribution in [0.4, 0.5) is 22.7 Å². The third kappa shape index (κ3) is 4.76. The summed E-state index contributed by atoms with van der Waals surface area (Å²) in [5, 5.41) is 5.29. The molecule has 0 saturated heterocycles. The van der Waals surface area contributed by atoms with Crippen LogP contribution in [0.5, 0.6) is 0 Å². The molecule has 10 heteroatoms. The van der Waals surface area contributed by atoms with E-state index in [0.717, 1.165) is 32.1 Å². The predicted molar refractivity (Wildman–Crippen MR) is 156 cm³/mol. The van der Waals surface area contributed by atoms with Crippen LogP contribution in [-0.2, 0) is 19.2 Å². The van der Waals surface area contributed by atoms with Crippen LogP contribution in [0.1, 0.15) is 22.3 Å². The van der Waals surface area contributed by atoms with Crippen LogP contribution in [0.2, 0.25) is 0 Å². The van der Waals surface area contributed by atoms with Crippen molar-refractivity contribution in [3.05, 3.63) is 104 Å². The molecule has 0 spiro atoms. The molecule has 5 rings (SSSR count). The van der Waals surface area contributed by atoms with Gasteiger partial charge < -0.3 is 10.6 Å². The van der Waals surface area contributed by atoms with Crippen molar-refractivity contribution in [1.82, 2.24) is 0 Å². The first kappa shape index (κ1) is 27.2. The molecule has 4 amide bonds. The molecule has 0 aliphatic carbocycles. The monoisotopic (exact) mass is 574 g/mol. The van der Waals surface area contributed by atoms with Crippen molar-refractivity contribution in [1.29, 1.82) is 0 Å². The normalized spacial score (nSPS) is 15.7. The Bertz CT molecular complexity index is 1540. The zero-order valence-electron chi connectivity index (χ0n) is 22.1. The molecule has 2 aliphatic heterocycles. The topological polar surface area (TPSA) is 98.8 Å². The lowest BCUT2D eigenvalue weighted by molar-refractivity contribution is -0.122. The Morgan fingerprint density at radius 2 is 0.850 bits per heavy atom. The predicted octanol–water partition coefficient (Wildman–Crippen LogP) is 5.79. The summed E-state index contributed by atoms with van der Waals surface area (Å²) in [7, 11) is 0. The number of nitrogens with one attached hydrogen (secondary N) is 2. The fourth-order valence-corrected chi connectivity index (χ4v) is 5.31. The van der Waals surface area contributed by atoms with E-state index in [1.807, 2.05) is 64.1 Å². The quantitative estimate of drug-likeness (QED) is 0.361. The first-order chi connectivity index (χ1) is 19.0. The summed E-state index contributed by atoms with van der Waals surface area (Å²) in [6, 6.07) is 17.3. The van der Waals surface area contributed by atoms with E-state index in [2.05, 4.69) is 10.6 Å². The number of nitrogens with zero attached hydrogens (tertiary/aromatic N) is 2. The van der Waals surface area contributed by atoms with E-state index in [-0.39, 0.29) is 32.8 Å². The highest BCUT2D eigenvalue weighted by atomic mass is 35.5. The second-order valence-electron chi connectivity index (χ2n) is 9.76. The fourth-order valence-electron chi connectivity index (χ4n) is 4.88. The van der Waals surface area contributed by atoms with Crippen LogP contribution in [0, 0.1) is 27.7 Å². The standard InChI is InChI=1S/C30H24Cl2N4O4/c1-15-9-16(2)12-19(11-15)33-25-23(31)27(37)35(29(25)39)21-7-5-6-8-22(21)36-28(38)24(32)26(30(36)40)34-20-13-17(3)10-18(4)14-20/h5-14,33-34H,1-4H3. The Balaban J connectivity index is 1.47. The van der Waals surface area contributed by atoms with Gasteiger partial charge in [-0.25, -0.2) is 9.80 Å². The lowest BCUT2D eigenvalue weighted by atomic mass is 10.1. The number of carbonyl (C=O) groups is 4.